The van der Waals surface area contributed by atoms with E-state index in [2.05, 4.69) is 10.1 Å². The van der Waals surface area contributed by atoms with Gasteiger partial charge >= 0.3 is 0 Å². The van der Waals surface area contributed by atoms with E-state index >= 15 is 0 Å². The lowest BCUT2D eigenvalue weighted by Crippen LogP contribution is -2.53. The summed E-state index contributed by atoms with van der Waals surface area (Å²) in [5.74, 6) is 0.317. The molecule has 1 aliphatic heterocycles. The lowest BCUT2D eigenvalue weighted by molar-refractivity contribution is -0.130. The van der Waals surface area contributed by atoms with Crippen LogP contribution < -0.4 is 5.73 Å². The van der Waals surface area contributed by atoms with Crippen LogP contribution in [-0.2, 0) is 4.79 Å². The van der Waals surface area contributed by atoms with Crippen molar-refractivity contribution in [2.75, 3.05) is 26.2 Å². The number of hydrogen-bond donors (Lipinski definition) is 2. The molecule has 15 heavy (non-hydrogen) atoms. The van der Waals surface area contributed by atoms with Gasteiger partial charge in [0.25, 0.3) is 0 Å². The summed E-state index contributed by atoms with van der Waals surface area (Å²) < 4.78 is 0. The molecule has 0 aromatic rings. The summed E-state index contributed by atoms with van der Waals surface area (Å²) in [5.41, 5.74) is 5.52. The summed E-state index contributed by atoms with van der Waals surface area (Å²) in [7, 11) is 0. The summed E-state index contributed by atoms with van der Waals surface area (Å²) in [4.78, 5) is 15.0. The third-order valence-electron chi connectivity index (χ3n) is 2.85. The summed E-state index contributed by atoms with van der Waals surface area (Å²) in [6.45, 7) is 6.39. The van der Waals surface area contributed by atoms with Crippen molar-refractivity contribution in [3.8, 4) is 0 Å². The average molecular weight is 214 g/mol. The van der Waals surface area contributed by atoms with E-state index in [1.54, 1.807) is 11.8 Å². The summed E-state index contributed by atoms with van der Waals surface area (Å²) in [6, 6.07) is -0.0795. The maximum atomic E-state index is 11.1. The Morgan fingerprint density at radius 3 is 2.33 bits per heavy atom. The molecular formula is C9H18N4O2. The van der Waals surface area contributed by atoms with Crippen molar-refractivity contribution in [1.29, 1.82) is 0 Å². The Morgan fingerprint density at radius 1 is 1.40 bits per heavy atom. The number of piperazine rings is 1. The molecule has 1 fully saturated rings. The molecule has 1 saturated heterocycles. The molecule has 1 unspecified atom stereocenters. The van der Waals surface area contributed by atoms with Crippen LogP contribution in [0.2, 0.25) is 0 Å². The minimum Gasteiger partial charge on any atom is -0.409 e. The van der Waals surface area contributed by atoms with E-state index in [9.17, 15) is 4.79 Å². The predicted octanol–water partition coefficient (Wildman–Crippen LogP) is -0.715. The predicted molar refractivity (Wildman–Crippen MR) is 56.7 cm³/mol. The van der Waals surface area contributed by atoms with E-state index in [-0.39, 0.29) is 17.8 Å². The monoisotopic (exact) mass is 214 g/mol. The van der Waals surface area contributed by atoms with Crippen LogP contribution >= 0.6 is 0 Å². The van der Waals surface area contributed by atoms with Crippen LogP contribution in [0.25, 0.3) is 0 Å². The Bertz CT molecular complexity index is 259. The molecule has 0 saturated carbocycles. The first kappa shape index (κ1) is 11.8. The number of hydrogen-bond acceptors (Lipinski definition) is 4. The fraction of sp³-hybridized carbons (Fsp3) is 0.778. The third-order valence-corrected chi connectivity index (χ3v) is 2.85. The van der Waals surface area contributed by atoms with E-state index in [0.717, 1.165) is 13.1 Å². The Morgan fingerprint density at radius 2 is 1.93 bits per heavy atom. The van der Waals surface area contributed by atoms with Crippen molar-refractivity contribution in [3.63, 3.8) is 0 Å². The molecule has 1 rings (SSSR count). The Balaban J connectivity index is 2.47. The number of amides is 1. The van der Waals surface area contributed by atoms with Gasteiger partial charge in [0.1, 0.15) is 0 Å². The average Bonchev–Trinajstić information content (AvgIpc) is 2.27. The second-order valence-corrected chi connectivity index (χ2v) is 3.74. The molecule has 0 aromatic carbocycles. The number of nitrogens with two attached hydrogens (primary N) is 1. The lowest BCUT2D eigenvalue weighted by atomic mass is 10.2. The van der Waals surface area contributed by atoms with Crippen LogP contribution in [0.4, 0.5) is 0 Å². The number of rotatable bonds is 2. The van der Waals surface area contributed by atoms with Gasteiger partial charge < -0.3 is 15.8 Å². The van der Waals surface area contributed by atoms with Gasteiger partial charge in [-0.1, -0.05) is 5.16 Å². The highest BCUT2D eigenvalue weighted by Crippen LogP contribution is 2.06. The van der Waals surface area contributed by atoms with Gasteiger partial charge in [-0.15, -0.1) is 0 Å². The van der Waals surface area contributed by atoms with Gasteiger partial charge in [-0.3, -0.25) is 9.69 Å². The fourth-order valence-electron chi connectivity index (χ4n) is 1.69. The molecule has 1 heterocycles. The minimum absolute atomic E-state index is 0.0795. The third kappa shape index (κ3) is 2.82. The molecule has 6 nitrogen and oxygen atoms in total. The fourth-order valence-corrected chi connectivity index (χ4v) is 1.69. The molecular weight excluding hydrogens is 196 g/mol. The van der Waals surface area contributed by atoms with Crippen molar-refractivity contribution < 1.29 is 10.0 Å². The molecule has 0 aromatic heterocycles. The number of nitrogens with zero attached hydrogens (tertiary/aromatic N) is 3. The zero-order valence-electron chi connectivity index (χ0n) is 9.18. The van der Waals surface area contributed by atoms with Crippen LogP contribution in [-0.4, -0.2) is 59.0 Å². The topological polar surface area (TPSA) is 82.2 Å². The van der Waals surface area contributed by atoms with Gasteiger partial charge in [0.2, 0.25) is 5.91 Å². The second-order valence-electron chi connectivity index (χ2n) is 3.74. The molecule has 0 bridgehead atoms. The van der Waals surface area contributed by atoms with E-state index < -0.39 is 0 Å². The largest absolute Gasteiger partial charge is 0.409 e. The van der Waals surface area contributed by atoms with Gasteiger partial charge in [-0.2, -0.15) is 0 Å². The van der Waals surface area contributed by atoms with Gasteiger partial charge in [0.15, 0.2) is 5.84 Å². The Hall–Kier alpha value is -1.30. The quantitative estimate of drug-likeness (QED) is 0.275. The van der Waals surface area contributed by atoms with Gasteiger partial charge in [0.05, 0.1) is 6.04 Å². The van der Waals surface area contributed by atoms with Crippen molar-refractivity contribution in [2.24, 2.45) is 10.9 Å². The SMILES string of the molecule is CC(=O)N1CCN(C(C)C(N)=NO)CC1. The highest BCUT2D eigenvalue weighted by molar-refractivity contribution is 5.84. The molecule has 1 amide bonds. The van der Waals surface area contributed by atoms with Crippen LogP contribution in [0.1, 0.15) is 13.8 Å². The number of amidine groups is 1. The number of carbonyl (C=O) groups is 1. The molecule has 3 N–H and O–H groups in total. The highest BCUT2D eigenvalue weighted by atomic mass is 16.4. The second kappa shape index (κ2) is 4.97. The van der Waals surface area contributed by atoms with Crippen molar-refractivity contribution in [1.82, 2.24) is 9.80 Å². The normalized spacial score (nSPS) is 21.5. The van der Waals surface area contributed by atoms with Gasteiger partial charge in [0, 0.05) is 33.1 Å². The Kier molecular flexibility index (Phi) is 3.90. The van der Waals surface area contributed by atoms with Crippen LogP contribution in [0.3, 0.4) is 0 Å². The Labute approximate surface area is 89.3 Å². The maximum Gasteiger partial charge on any atom is 0.219 e. The van der Waals surface area contributed by atoms with E-state index in [1.807, 2.05) is 6.92 Å². The van der Waals surface area contributed by atoms with Crippen molar-refractivity contribution in [3.05, 3.63) is 0 Å². The first-order chi connectivity index (χ1) is 7.06. The zero-order chi connectivity index (χ0) is 11.4. The van der Waals surface area contributed by atoms with Crippen LogP contribution in [0.15, 0.2) is 5.16 Å². The molecule has 86 valence electrons. The lowest BCUT2D eigenvalue weighted by Gasteiger charge is -2.37. The minimum atomic E-state index is -0.0795. The van der Waals surface area contributed by atoms with E-state index in [0.29, 0.717) is 13.1 Å². The molecule has 0 spiro atoms. The molecule has 0 radical (unpaired) electrons. The van der Waals surface area contributed by atoms with Gasteiger partial charge in [-0.05, 0) is 6.92 Å². The first-order valence-electron chi connectivity index (χ1n) is 5.03. The molecule has 1 aliphatic rings. The van der Waals surface area contributed by atoms with E-state index in [1.165, 1.54) is 0 Å². The van der Waals surface area contributed by atoms with Crippen LogP contribution in [0.5, 0.6) is 0 Å². The van der Waals surface area contributed by atoms with Gasteiger partial charge in [-0.25, -0.2) is 0 Å². The van der Waals surface area contributed by atoms with E-state index in [4.69, 9.17) is 10.9 Å². The summed E-state index contributed by atoms with van der Waals surface area (Å²) >= 11 is 0. The summed E-state index contributed by atoms with van der Waals surface area (Å²) in [6.07, 6.45) is 0. The van der Waals surface area contributed by atoms with Crippen LogP contribution in [0, 0.1) is 0 Å². The zero-order valence-corrected chi connectivity index (χ0v) is 9.18. The molecule has 6 heteroatoms. The first-order valence-corrected chi connectivity index (χ1v) is 5.03. The standard InChI is InChI=1S/C9H18N4O2/c1-7(9(10)11-15)12-3-5-13(6-4-12)8(2)14/h7,15H,3-6H2,1-2H3,(H2,10,11). The molecule has 1 atom stereocenters. The smallest absolute Gasteiger partial charge is 0.219 e. The molecule has 0 aliphatic carbocycles. The van der Waals surface area contributed by atoms with Crippen molar-refractivity contribution in [2.45, 2.75) is 19.9 Å². The highest BCUT2D eigenvalue weighted by Gasteiger charge is 2.24. The number of oxime groups is 1. The van der Waals surface area contributed by atoms with Crippen molar-refractivity contribution >= 4 is 11.7 Å². The maximum absolute atomic E-state index is 11.1. The summed E-state index contributed by atoms with van der Waals surface area (Å²) in [5, 5.41) is 11.5. The number of carbonyl (C=O) groups excluding carboxylic acids is 1.